The maximum Gasteiger partial charge on any atom is 0.266 e. The zero-order chi connectivity index (χ0) is 15.6. The molecule has 1 aromatic carbocycles. The molecule has 9 heteroatoms. The van der Waals surface area contributed by atoms with E-state index in [1.165, 1.54) is 18.3 Å². The van der Waals surface area contributed by atoms with Gasteiger partial charge in [0.05, 0.1) is 0 Å². The fourth-order valence-electron chi connectivity index (χ4n) is 1.59. The van der Waals surface area contributed by atoms with Gasteiger partial charge >= 0.3 is 0 Å². The minimum absolute atomic E-state index is 0.0200. The monoisotopic (exact) mass is 393 g/mol. The molecule has 0 spiro atoms. The topological polar surface area (TPSA) is 85.1 Å². The lowest BCUT2D eigenvalue weighted by molar-refractivity contribution is 0.561. The number of hydrogen-bond acceptors (Lipinski definition) is 4. The van der Waals surface area contributed by atoms with Crippen LogP contribution in [-0.2, 0) is 16.6 Å². The molecule has 0 saturated heterocycles. The van der Waals surface area contributed by atoms with Gasteiger partial charge in [-0.2, -0.15) is 0 Å². The van der Waals surface area contributed by atoms with Gasteiger partial charge in [-0.05, 0) is 40.2 Å². The van der Waals surface area contributed by atoms with Crippen LogP contribution in [0.3, 0.4) is 0 Å². The first-order chi connectivity index (χ1) is 9.83. The maximum absolute atomic E-state index is 14.1. The number of hydrogen-bond donors (Lipinski definition) is 2. The summed E-state index contributed by atoms with van der Waals surface area (Å²) in [5.41, 5.74) is 5.39. The molecule has 0 radical (unpaired) electrons. The second kappa shape index (κ2) is 6.27. The van der Waals surface area contributed by atoms with Crippen molar-refractivity contribution in [1.29, 1.82) is 0 Å². The average molecular weight is 395 g/mol. The standard InChI is InChI=1S/C12H10BrClFN3O2S/c13-8-1-2-11(17-6-8)18-21(19,20)10-4-9(14)3-7(5-16)12(10)15/h1-4,6H,5,16H2,(H,17,18). The summed E-state index contributed by atoms with van der Waals surface area (Å²) in [5, 5.41) is 0.0843. The molecule has 0 fully saturated rings. The Balaban J connectivity index is 2.44. The molecule has 1 aromatic heterocycles. The summed E-state index contributed by atoms with van der Waals surface area (Å²) in [5.74, 6) is -0.863. The van der Waals surface area contributed by atoms with Crippen molar-refractivity contribution in [2.45, 2.75) is 11.4 Å². The molecule has 3 N–H and O–H groups in total. The summed E-state index contributed by atoms with van der Waals surface area (Å²) in [6.45, 7) is -0.161. The number of pyridine rings is 1. The lowest BCUT2D eigenvalue weighted by atomic mass is 10.2. The Morgan fingerprint density at radius 3 is 2.67 bits per heavy atom. The number of nitrogens with one attached hydrogen (secondary N) is 1. The first kappa shape index (κ1) is 16.2. The van der Waals surface area contributed by atoms with Gasteiger partial charge in [0.15, 0.2) is 0 Å². The molecule has 0 aliphatic rings. The van der Waals surface area contributed by atoms with Crippen LogP contribution in [0.1, 0.15) is 5.56 Å². The van der Waals surface area contributed by atoms with Crippen LogP contribution >= 0.6 is 27.5 Å². The fraction of sp³-hybridized carbons (Fsp3) is 0.0833. The van der Waals surface area contributed by atoms with Crippen LogP contribution in [0.5, 0.6) is 0 Å². The summed E-state index contributed by atoms with van der Waals surface area (Å²) < 4.78 is 41.4. The van der Waals surface area contributed by atoms with Crippen molar-refractivity contribution in [2.75, 3.05) is 4.72 Å². The Bertz CT molecular complexity index is 769. The molecule has 1 heterocycles. The van der Waals surface area contributed by atoms with Crippen LogP contribution in [0.15, 0.2) is 39.8 Å². The van der Waals surface area contributed by atoms with Crippen molar-refractivity contribution in [3.63, 3.8) is 0 Å². The lowest BCUT2D eigenvalue weighted by Crippen LogP contribution is -2.17. The van der Waals surface area contributed by atoms with Gasteiger partial charge in [0, 0.05) is 27.8 Å². The number of sulfonamides is 1. The van der Waals surface area contributed by atoms with Gasteiger partial charge in [0.25, 0.3) is 10.0 Å². The molecule has 0 aliphatic carbocycles. The van der Waals surface area contributed by atoms with E-state index >= 15 is 0 Å². The van der Waals surface area contributed by atoms with Crippen LogP contribution in [0, 0.1) is 5.82 Å². The van der Waals surface area contributed by atoms with Crippen molar-refractivity contribution in [3.05, 3.63) is 51.3 Å². The second-order valence-electron chi connectivity index (χ2n) is 4.05. The third kappa shape index (κ3) is 3.70. The number of benzene rings is 1. The smallest absolute Gasteiger partial charge is 0.266 e. The fourth-order valence-corrected chi connectivity index (χ4v) is 3.29. The molecule has 5 nitrogen and oxygen atoms in total. The van der Waals surface area contributed by atoms with Crippen molar-refractivity contribution in [2.24, 2.45) is 5.73 Å². The second-order valence-corrected chi connectivity index (χ2v) is 7.05. The minimum Gasteiger partial charge on any atom is -0.326 e. The Hall–Kier alpha value is -1.22. The third-order valence-electron chi connectivity index (χ3n) is 2.56. The zero-order valence-corrected chi connectivity index (χ0v) is 13.6. The Kier molecular flexibility index (Phi) is 4.82. The van der Waals surface area contributed by atoms with Crippen molar-refractivity contribution in [1.82, 2.24) is 4.98 Å². The van der Waals surface area contributed by atoms with Gasteiger partial charge in [-0.15, -0.1) is 0 Å². The Labute approximate surface area is 134 Å². The summed E-state index contributed by atoms with van der Waals surface area (Å²) in [6.07, 6.45) is 1.41. The highest BCUT2D eigenvalue weighted by molar-refractivity contribution is 9.10. The van der Waals surface area contributed by atoms with Crippen molar-refractivity contribution in [3.8, 4) is 0 Å². The molecular weight excluding hydrogens is 385 g/mol. The van der Waals surface area contributed by atoms with Crippen LogP contribution in [-0.4, -0.2) is 13.4 Å². The molecule has 0 saturated carbocycles. The average Bonchev–Trinajstić information content (AvgIpc) is 2.43. The highest BCUT2D eigenvalue weighted by Crippen LogP contribution is 2.25. The maximum atomic E-state index is 14.1. The van der Waals surface area contributed by atoms with Gasteiger partial charge < -0.3 is 5.73 Å². The molecule has 112 valence electrons. The first-order valence-corrected chi connectivity index (χ1v) is 8.31. The van der Waals surface area contributed by atoms with E-state index in [1.807, 2.05) is 0 Å². The van der Waals surface area contributed by atoms with E-state index in [9.17, 15) is 12.8 Å². The van der Waals surface area contributed by atoms with Crippen molar-refractivity contribution < 1.29 is 12.8 Å². The Morgan fingerprint density at radius 1 is 1.38 bits per heavy atom. The van der Waals surface area contributed by atoms with E-state index < -0.39 is 20.7 Å². The van der Waals surface area contributed by atoms with Gasteiger partial charge in [0.1, 0.15) is 16.5 Å². The Morgan fingerprint density at radius 2 is 2.10 bits per heavy atom. The van der Waals surface area contributed by atoms with E-state index in [0.717, 1.165) is 6.07 Å². The molecule has 0 atom stereocenters. The summed E-state index contributed by atoms with van der Waals surface area (Å²) in [4.78, 5) is 3.30. The highest BCUT2D eigenvalue weighted by Gasteiger charge is 2.22. The number of nitrogens with zero attached hydrogens (tertiary/aromatic N) is 1. The minimum atomic E-state index is -4.15. The molecule has 0 amide bonds. The molecule has 0 unspecified atom stereocenters. The van der Waals surface area contributed by atoms with E-state index in [-0.39, 0.29) is 22.9 Å². The van der Waals surface area contributed by atoms with Crippen LogP contribution < -0.4 is 10.5 Å². The number of rotatable bonds is 4. The summed E-state index contributed by atoms with van der Waals surface area (Å²) >= 11 is 8.97. The molecule has 21 heavy (non-hydrogen) atoms. The summed E-state index contributed by atoms with van der Waals surface area (Å²) in [6, 6.07) is 5.35. The van der Waals surface area contributed by atoms with Crippen LogP contribution in [0.2, 0.25) is 5.02 Å². The predicted molar refractivity (Wildman–Crippen MR) is 82.0 cm³/mol. The van der Waals surface area contributed by atoms with Crippen molar-refractivity contribution >= 4 is 43.4 Å². The number of aromatic nitrogens is 1. The third-order valence-corrected chi connectivity index (χ3v) is 4.60. The highest BCUT2D eigenvalue weighted by atomic mass is 79.9. The van der Waals surface area contributed by atoms with Crippen LogP contribution in [0.4, 0.5) is 10.2 Å². The van der Waals surface area contributed by atoms with Gasteiger partial charge in [0.2, 0.25) is 0 Å². The number of nitrogens with two attached hydrogens (primary N) is 1. The zero-order valence-electron chi connectivity index (χ0n) is 10.5. The van der Waals surface area contributed by atoms with E-state index in [4.69, 9.17) is 17.3 Å². The quantitative estimate of drug-likeness (QED) is 0.835. The van der Waals surface area contributed by atoms with Gasteiger partial charge in [-0.3, -0.25) is 4.72 Å². The molecule has 0 bridgehead atoms. The van der Waals surface area contributed by atoms with E-state index in [0.29, 0.717) is 4.47 Å². The van der Waals surface area contributed by atoms with Crippen LogP contribution in [0.25, 0.3) is 0 Å². The SMILES string of the molecule is NCc1cc(Cl)cc(S(=O)(=O)Nc2ccc(Br)cn2)c1F. The molecule has 0 aliphatic heterocycles. The van der Waals surface area contributed by atoms with E-state index in [2.05, 4.69) is 25.6 Å². The molecular formula is C12H10BrClFN3O2S. The first-order valence-electron chi connectivity index (χ1n) is 5.66. The normalized spacial score (nSPS) is 11.4. The predicted octanol–water partition coefficient (Wildman–Crippen LogP) is 2.90. The molecule has 2 rings (SSSR count). The molecule has 2 aromatic rings. The number of halogens is 3. The number of anilines is 1. The van der Waals surface area contributed by atoms with Gasteiger partial charge in [-0.1, -0.05) is 11.6 Å². The van der Waals surface area contributed by atoms with E-state index in [1.54, 1.807) is 6.07 Å². The summed E-state index contributed by atoms with van der Waals surface area (Å²) in [7, 11) is -4.15. The van der Waals surface area contributed by atoms with Gasteiger partial charge in [-0.25, -0.2) is 17.8 Å². The lowest BCUT2D eigenvalue weighted by Gasteiger charge is -2.11. The largest absolute Gasteiger partial charge is 0.326 e.